The van der Waals surface area contributed by atoms with Crippen LogP contribution in [0.4, 0.5) is 0 Å². The summed E-state index contributed by atoms with van der Waals surface area (Å²) in [6, 6.07) is 39.4. The second-order valence-corrected chi connectivity index (χ2v) is 7.99. The first kappa shape index (κ1) is 20.1. The van der Waals surface area contributed by atoms with Crippen LogP contribution in [-0.2, 0) is 5.11 Å². The summed E-state index contributed by atoms with van der Waals surface area (Å²) >= 11 is 7.22. The summed E-state index contributed by atoms with van der Waals surface area (Å²) in [4.78, 5) is 0. The Hall–Kier alpha value is -3.81. The lowest BCUT2D eigenvalue weighted by Crippen LogP contribution is -1.95. The Morgan fingerprint density at radius 3 is 0.906 bits per heavy atom. The zero-order chi connectivity index (χ0) is 21.9. The van der Waals surface area contributed by atoms with E-state index in [0.717, 1.165) is 33.4 Å². The first-order chi connectivity index (χ1) is 15.8. The van der Waals surface area contributed by atoms with Gasteiger partial charge in [-0.25, -0.2) is 0 Å². The summed E-state index contributed by atoms with van der Waals surface area (Å²) in [5.41, 5.74) is 6.34. The van der Waals surface area contributed by atoms with Gasteiger partial charge in [0.05, 0.1) is 5.02 Å². The number of halogens is 1. The molecular formula is C30H20ClO. The minimum Gasteiger partial charge on any atom is -0.289 e. The topological polar surface area (TPSA) is 19.9 Å². The van der Waals surface area contributed by atoms with Gasteiger partial charge in [0.2, 0.25) is 0 Å². The molecule has 153 valence electrons. The number of hydrogen-bond acceptors (Lipinski definition) is 0. The van der Waals surface area contributed by atoms with E-state index < -0.39 is 0 Å². The van der Waals surface area contributed by atoms with Gasteiger partial charge in [-0.15, -0.1) is 0 Å². The monoisotopic (exact) mass is 431 g/mol. The van der Waals surface area contributed by atoms with E-state index in [2.05, 4.69) is 0 Å². The predicted molar refractivity (Wildman–Crippen MR) is 133 cm³/mol. The van der Waals surface area contributed by atoms with Crippen molar-refractivity contribution in [2.45, 2.75) is 0 Å². The van der Waals surface area contributed by atoms with E-state index in [1.165, 1.54) is 0 Å². The van der Waals surface area contributed by atoms with Crippen LogP contribution in [0.15, 0.2) is 121 Å². The lowest BCUT2D eigenvalue weighted by atomic mass is 9.84. The van der Waals surface area contributed by atoms with Crippen molar-refractivity contribution in [3.63, 3.8) is 0 Å². The van der Waals surface area contributed by atoms with Crippen LogP contribution in [0.5, 0.6) is 5.75 Å². The molecule has 2 heteroatoms. The average Bonchev–Trinajstić information content (AvgIpc) is 2.87. The van der Waals surface area contributed by atoms with Crippen LogP contribution in [0.3, 0.4) is 0 Å². The minimum atomic E-state index is -0.0236. The van der Waals surface area contributed by atoms with Crippen LogP contribution < -0.4 is 0 Å². The molecule has 0 aliphatic rings. The molecule has 0 aromatic heterocycles. The minimum absolute atomic E-state index is 0.0236. The van der Waals surface area contributed by atoms with Crippen LogP contribution in [0.1, 0.15) is 0 Å². The van der Waals surface area contributed by atoms with E-state index in [9.17, 15) is 5.11 Å². The smallest absolute Gasteiger partial charge is 0.195 e. The molecule has 0 spiro atoms. The largest absolute Gasteiger partial charge is 0.289 e. The van der Waals surface area contributed by atoms with Gasteiger partial charge in [0, 0.05) is 22.3 Å². The van der Waals surface area contributed by atoms with Gasteiger partial charge in [-0.05, 0) is 22.3 Å². The first-order valence-electron chi connectivity index (χ1n) is 10.5. The van der Waals surface area contributed by atoms with Crippen LogP contribution in [0, 0.1) is 0 Å². The lowest BCUT2D eigenvalue weighted by molar-refractivity contribution is 0.359. The molecule has 0 fully saturated rings. The first-order valence-corrected chi connectivity index (χ1v) is 10.9. The number of rotatable bonds is 4. The van der Waals surface area contributed by atoms with Gasteiger partial charge in [-0.2, -0.15) is 0 Å². The standard InChI is InChI=1S/C30H20ClO/c31-29-25(21-13-5-1-6-14-21)27(23-17-9-3-10-18-23)30(32)28(24-19-11-4-12-20-24)26(29)22-15-7-2-8-16-22/h1-20H. The second kappa shape index (κ2) is 8.74. The molecule has 0 amide bonds. The van der Waals surface area contributed by atoms with Crippen molar-refractivity contribution >= 4 is 11.6 Å². The van der Waals surface area contributed by atoms with Crippen LogP contribution in [0.25, 0.3) is 44.5 Å². The molecule has 0 saturated carbocycles. The van der Waals surface area contributed by atoms with E-state index in [1.54, 1.807) is 0 Å². The molecule has 1 radical (unpaired) electrons. The maximum Gasteiger partial charge on any atom is 0.195 e. The van der Waals surface area contributed by atoms with Crippen molar-refractivity contribution in [3.05, 3.63) is 126 Å². The third-order valence-electron chi connectivity index (χ3n) is 5.64. The zero-order valence-corrected chi connectivity index (χ0v) is 18.1. The Bertz CT molecular complexity index is 1130. The molecule has 0 N–H and O–H groups in total. The van der Waals surface area contributed by atoms with Gasteiger partial charge in [-0.3, -0.25) is 5.11 Å². The molecular weight excluding hydrogens is 412 g/mol. The van der Waals surface area contributed by atoms with Crippen molar-refractivity contribution in [2.24, 2.45) is 0 Å². The molecule has 0 bridgehead atoms. The quantitative estimate of drug-likeness (QED) is 0.270. The maximum atomic E-state index is 14.3. The SMILES string of the molecule is [O]c1c(-c2ccccc2)c(-c2ccccc2)c(Cl)c(-c2ccccc2)c1-c1ccccc1. The van der Waals surface area contributed by atoms with Gasteiger partial charge < -0.3 is 0 Å². The predicted octanol–water partition coefficient (Wildman–Crippen LogP) is 9.15. The molecule has 5 aromatic rings. The van der Waals surface area contributed by atoms with Gasteiger partial charge in [0.1, 0.15) is 0 Å². The van der Waals surface area contributed by atoms with Gasteiger partial charge >= 0.3 is 0 Å². The van der Waals surface area contributed by atoms with E-state index in [1.807, 2.05) is 121 Å². The summed E-state index contributed by atoms with van der Waals surface area (Å²) in [5.74, 6) is -0.0236. The average molecular weight is 432 g/mol. The number of hydrogen-bond donors (Lipinski definition) is 0. The second-order valence-electron chi connectivity index (χ2n) is 7.61. The fourth-order valence-corrected chi connectivity index (χ4v) is 4.62. The molecule has 0 atom stereocenters. The Morgan fingerprint density at radius 1 is 0.375 bits per heavy atom. The van der Waals surface area contributed by atoms with Crippen molar-refractivity contribution in [2.75, 3.05) is 0 Å². The molecule has 5 aromatic carbocycles. The normalized spacial score (nSPS) is 10.8. The molecule has 1 nitrogen and oxygen atoms in total. The van der Waals surface area contributed by atoms with E-state index in [-0.39, 0.29) is 5.75 Å². The summed E-state index contributed by atoms with van der Waals surface area (Å²) in [5, 5.41) is 14.8. The summed E-state index contributed by atoms with van der Waals surface area (Å²) < 4.78 is 0. The van der Waals surface area contributed by atoms with E-state index in [4.69, 9.17) is 11.6 Å². The summed E-state index contributed by atoms with van der Waals surface area (Å²) in [6.07, 6.45) is 0. The molecule has 0 saturated heterocycles. The fraction of sp³-hybridized carbons (Fsp3) is 0. The Labute approximate surface area is 193 Å². The van der Waals surface area contributed by atoms with Crippen LogP contribution in [0.2, 0.25) is 5.02 Å². The van der Waals surface area contributed by atoms with Gasteiger partial charge in [-0.1, -0.05) is 133 Å². The molecule has 5 rings (SSSR count). The van der Waals surface area contributed by atoms with Gasteiger partial charge in [0.25, 0.3) is 0 Å². The van der Waals surface area contributed by atoms with E-state index in [0.29, 0.717) is 16.1 Å². The number of benzene rings is 5. The van der Waals surface area contributed by atoms with Crippen molar-refractivity contribution in [3.8, 4) is 50.3 Å². The highest BCUT2D eigenvalue weighted by Crippen LogP contribution is 2.54. The third-order valence-corrected chi connectivity index (χ3v) is 6.02. The lowest BCUT2D eigenvalue weighted by Gasteiger charge is -2.21. The zero-order valence-electron chi connectivity index (χ0n) is 17.3. The summed E-state index contributed by atoms with van der Waals surface area (Å²) in [7, 11) is 0. The van der Waals surface area contributed by atoms with Crippen molar-refractivity contribution in [1.29, 1.82) is 0 Å². The third kappa shape index (κ3) is 3.57. The highest BCUT2D eigenvalue weighted by Gasteiger charge is 2.27. The highest BCUT2D eigenvalue weighted by molar-refractivity contribution is 6.38. The molecule has 0 aliphatic carbocycles. The molecule has 0 heterocycles. The fourth-order valence-electron chi connectivity index (χ4n) is 4.21. The van der Waals surface area contributed by atoms with Crippen molar-refractivity contribution in [1.82, 2.24) is 0 Å². The Morgan fingerprint density at radius 2 is 0.625 bits per heavy atom. The van der Waals surface area contributed by atoms with Crippen LogP contribution >= 0.6 is 11.6 Å². The molecule has 0 unspecified atom stereocenters. The molecule has 0 aliphatic heterocycles. The van der Waals surface area contributed by atoms with E-state index >= 15 is 0 Å². The maximum absolute atomic E-state index is 14.3. The highest BCUT2D eigenvalue weighted by atomic mass is 35.5. The Kier molecular flexibility index (Phi) is 5.49. The Balaban J connectivity index is 1.97. The van der Waals surface area contributed by atoms with Crippen molar-refractivity contribution < 1.29 is 5.11 Å². The summed E-state index contributed by atoms with van der Waals surface area (Å²) in [6.45, 7) is 0. The molecule has 32 heavy (non-hydrogen) atoms. The van der Waals surface area contributed by atoms with Crippen LogP contribution in [-0.4, -0.2) is 0 Å². The van der Waals surface area contributed by atoms with Gasteiger partial charge in [0.15, 0.2) is 5.75 Å².